The van der Waals surface area contributed by atoms with E-state index in [1.165, 1.54) is 27.5 Å². The summed E-state index contributed by atoms with van der Waals surface area (Å²) in [5.41, 5.74) is 3.83. The van der Waals surface area contributed by atoms with E-state index in [1.54, 1.807) is 0 Å². The van der Waals surface area contributed by atoms with Crippen LogP contribution in [0.3, 0.4) is 0 Å². The Morgan fingerprint density at radius 1 is 1.00 bits per heavy atom. The third kappa shape index (κ3) is 6.33. The standard InChI is InChI=1S/C21H24.2C2H6.CH4/c1-6-8-12-18(7-2)21(4,5)19-14-16(3)20-13-10-9-11-17(20)15-19;2*1-2;/h6-15H,2H2,1,3-5H3;2*1-2H3;1H4/b8-6-,18-12+;;;. The van der Waals surface area contributed by atoms with Gasteiger partial charge in [-0.1, -0.05) is 116 Å². The zero-order chi connectivity index (χ0) is 19.5. The van der Waals surface area contributed by atoms with Crippen LogP contribution in [0.25, 0.3) is 10.8 Å². The molecular formula is C26H40. The minimum absolute atomic E-state index is 0. The van der Waals surface area contributed by atoms with Gasteiger partial charge in [-0.05, 0) is 41.3 Å². The predicted molar refractivity (Wildman–Crippen MR) is 124 cm³/mol. The van der Waals surface area contributed by atoms with Gasteiger partial charge >= 0.3 is 0 Å². The van der Waals surface area contributed by atoms with E-state index in [1.807, 2.05) is 46.8 Å². The molecule has 0 heteroatoms. The van der Waals surface area contributed by atoms with Gasteiger partial charge in [0.25, 0.3) is 0 Å². The summed E-state index contributed by atoms with van der Waals surface area (Å²) in [5, 5.41) is 2.63. The Kier molecular flexibility index (Phi) is 13.2. The van der Waals surface area contributed by atoms with Crippen molar-refractivity contribution in [2.45, 2.75) is 68.2 Å². The number of hydrogen-bond donors (Lipinski definition) is 0. The fraction of sp³-hybridized carbons (Fsp3) is 0.385. The molecule has 0 nitrogen and oxygen atoms in total. The molecule has 0 aliphatic rings. The number of allylic oxidation sites excluding steroid dienone is 5. The van der Waals surface area contributed by atoms with Crippen LogP contribution in [0.1, 0.15) is 67.0 Å². The summed E-state index contributed by atoms with van der Waals surface area (Å²) in [7, 11) is 0. The molecule has 0 aliphatic heterocycles. The number of hydrogen-bond acceptors (Lipinski definition) is 0. The zero-order valence-corrected chi connectivity index (χ0v) is 17.5. The summed E-state index contributed by atoms with van der Waals surface area (Å²) in [6.45, 7) is 20.7. The van der Waals surface area contributed by atoms with Crippen molar-refractivity contribution < 1.29 is 0 Å². The van der Waals surface area contributed by atoms with Gasteiger partial charge in [-0.15, -0.1) is 0 Å². The second-order valence-corrected chi connectivity index (χ2v) is 5.99. The minimum Gasteiger partial charge on any atom is -0.0988 e. The summed E-state index contributed by atoms with van der Waals surface area (Å²) in [6.07, 6.45) is 8.24. The van der Waals surface area contributed by atoms with Crippen molar-refractivity contribution in [3.05, 3.63) is 84.0 Å². The smallest absolute Gasteiger partial charge is 0.0146 e. The van der Waals surface area contributed by atoms with E-state index in [9.17, 15) is 0 Å². The molecule has 0 spiro atoms. The lowest BCUT2D eigenvalue weighted by atomic mass is 9.76. The van der Waals surface area contributed by atoms with Crippen molar-refractivity contribution >= 4 is 10.8 Å². The van der Waals surface area contributed by atoms with Gasteiger partial charge in [0.1, 0.15) is 0 Å². The molecule has 0 heterocycles. The predicted octanol–water partition coefficient (Wildman–Crippen LogP) is 8.80. The highest BCUT2D eigenvalue weighted by Crippen LogP contribution is 2.35. The summed E-state index contributed by atoms with van der Waals surface area (Å²) in [5.74, 6) is 0. The van der Waals surface area contributed by atoms with Crippen LogP contribution >= 0.6 is 0 Å². The molecule has 2 aromatic rings. The van der Waals surface area contributed by atoms with Gasteiger partial charge in [0.05, 0.1) is 0 Å². The van der Waals surface area contributed by atoms with E-state index in [2.05, 4.69) is 75.9 Å². The number of benzene rings is 2. The Morgan fingerprint density at radius 2 is 1.58 bits per heavy atom. The summed E-state index contributed by atoms with van der Waals surface area (Å²) >= 11 is 0. The molecule has 0 bridgehead atoms. The number of fused-ring (bicyclic) bond motifs is 1. The maximum atomic E-state index is 3.99. The number of aryl methyl sites for hydroxylation is 1. The van der Waals surface area contributed by atoms with Crippen LogP contribution in [0.2, 0.25) is 0 Å². The van der Waals surface area contributed by atoms with Crippen LogP contribution in [0.4, 0.5) is 0 Å². The Hall–Kier alpha value is -2.08. The van der Waals surface area contributed by atoms with Gasteiger partial charge in [-0.3, -0.25) is 0 Å². The molecule has 2 rings (SSSR count). The maximum Gasteiger partial charge on any atom is 0.0146 e. The number of rotatable bonds is 4. The van der Waals surface area contributed by atoms with Crippen molar-refractivity contribution in [1.82, 2.24) is 0 Å². The highest BCUT2D eigenvalue weighted by molar-refractivity contribution is 5.86. The lowest BCUT2D eigenvalue weighted by Crippen LogP contribution is -2.19. The van der Waals surface area contributed by atoms with Gasteiger partial charge in [-0.25, -0.2) is 0 Å². The van der Waals surface area contributed by atoms with Gasteiger partial charge in [-0.2, -0.15) is 0 Å². The average Bonchev–Trinajstić information content (AvgIpc) is 2.65. The Labute approximate surface area is 163 Å². The molecule has 0 unspecified atom stereocenters. The second kappa shape index (κ2) is 13.2. The highest BCUT2D eigenvalue weighted by Gasteiger charge is 2.24. The minimum atomic E-state index is -0.0595. The fourth-order valence-electron chi connectivity index (χ4n) is 2.76. The normalized spacial score (nSPS) is 11.0. The summed E-state index contributed by atoms with van der Waals surface area (Å²) < 4.78 is 0. The highest BCUT2D eigenvalue weighted by atomic mass is 14.3. The van der Waals surface area contributed by atoms with Crippen LogP contribution in [0, 0.1) is 6.92 Å². The molecule has 0 aliphatic carbocycles. The summed E-state index contributed by atoms with van der Waals surface area (Å²) in [6, 6.07) is 13.2. The van der Waals surface area contributed by atoms with Crippen LogP contribution in [0.15, 0.2) is 72.9 Å². The molecule has 0 N–H and O–H groups in total. The molecule has 0 aromatic heterocycles. The van der Waals surface area contributed by atoms with E-state index >= 15 is 0 Å². The Balaban J connectivity index is 0. The molecule has 0 saturated heterocycles. The van der Waals surface area contributed by atoms with E-state index < -0.39 is 0 Å². The van der Waals surface area contributed by atoms with Crippen molar-refractivity contribution in [2.24, 2.45) is 0 Å². The van der Waals surface area contributed by atoms with Crippen LogP contribution < -0.4 is 0 Å². The van der Waals surface area contributed by atoms with Gasteiger partial charge < -0.3 is 0 Å². The van der Waals surface area contributed by atoms with Crippen LogP contribution in [-0.4, -0.2) is 0 Å². The average molecular weight is 353 g/mol. The first-order valence-corrected chi connectivity index (χ1v) is 9.46. The summed E-state index contributed by atoms with van der Waals surface area (Å²) in [4.78, 5) is 0. The largest absolute Gasteiger partial charge is 0.0988 e. The molecule has 0 saturated carbocycles. The molecule has 0 fully saturated rings. The molecule has 0 radical (unpaired) electrons. The van der Waals surface area contributed by atoms with Crippen molar-refractivity contribution in [3.8, 4) is 0 Å². The van der Waals surface area contributed by atoms with Crippen molar-refractivity contribution in [2.75, 3.05) is 0 Å². The SMILES string of the molecule is C.C=C/C(=C\C=C/C)C(C)(C)c1cc(C)c2ccccc2c1.CC.CC. The zero-order valence-electron chi connectivity index (χ0n) is 17.5. The quantitative estimate of drug-likeness (QED) is 0.482. The van der Waals surface area contributed by atoms with Gasteiger partial charge in [0.2, 0.25) is 0 Å². The third-order valence-corrected chi connectivity index (χ3v) is 4.20. The lowest BCUT2D eigenvalue weighted by Gasteiger charge is -2.28. The van der Waals surface area contributed by atoms with E-state index in [0.717, 1.165) is 0 Å². The maximum absolute atomic E-state index is 3.99. The monoisotopic (exact) mass is 352 g/mol. The second-order valence-electron chi connectivity index (χ2n) is 5.99. The molecule has 0 amide bonds. The van der Waals surface area contributed by atoms with Crippen LogP contribution in [-0.2, 0) is 5.41 Å². The van der Waals surface area contributed by atoms with Crippen molar-refractivity contribution in [1.29, 1.82) is 0 Å². The topological polar surface area (TPSA) is 0 Å². The Bertz CT molecular complexity index is 712. The molecule has 26 heavy (non-hydrogen) atoms. The Morgan fingerprint density at radius 3 is 2.12 bits per heavy atom. The van der Waals surface area contributed by atoms with E-state index in [0.29, 0.717) is 0 Å². The van der Waals surface area contributed by atoms with Crippen molar-refractivity contribution in [3.63, 3.8) is 0 Å². The molecule has 0 atom stereocenters. The molecule has 2 aromatic carbocycles. The van der Waals surface area contributed by atoms with E-state index in [-0.39, 0.29) is 12.8 Å². The molecule has 144 valence electrons. The lowest BCUT2D eigenvalue weighted by molar-refractivity contribution is 0.640. The first-order valence-electron chi connectivity index (χ1n) is 9.46. The first-order chi connectivity index (χ1) is 12.0. The van der Waals surface area contributed by atoms with E-state index in [4.69, 9.17) is 0 Å². The van der Waals surface area contributed by atoms with Gasteiger partial charge in [0, 0.05) is 5.41 Å². The third-order valence-electron chi connectivity index (χ3n) is 4.20. The van der Waals surface area contributed by atoms with Gasteiger partial charge in [0.15, 0.2) is 0 Å². The molecular weight excluding hydrogens is 312 g/mol. The fourth-order valence-corrected chi connectivity index (χ4v) is 2.76. The van der Waals surface area contributed by atoms with Crippen LogP contribution in [0.5, 0.6) is 0 Å². The first kappa shape index (κ1) is 26.2.